The average molecular weight is 477 g/mol. The molecule has 0 radical (unpaired) electrons. The van der Waals surface area contributed by atoms with E-state index >= 15 is 0 Å². The molecule has 34 heavy (non-hydrogen) atoms. The molecule has 0 aromatic carbocycles. The number of hydrogen-bond donors (Lipinski definition) is 0. The normalized spacial score (nSPS) is 47.4. The fourth-order valence-electron chi connectivity index (χ4n) is 9.31. The highest BCUT2D eigenvalue weighted by Gasteiger charge is 2.88. The minimum atomic E-state index is -0.604. The Morgan fingerprint density at radius 1 is 1.09 bits per heavy atom. The fourth-order valence-corrected chi connectivity index (χ4v) is 9.31. The van der Waals surface area contributed by atoms with E-state index in [0.29, 0.717) is 24.5 Å². The number of Topliss-reactive ketones (excluding diaryl/α,β-unsaturated/α-hetero) is 1. The van der Waals surface area contributed by atoms with E-state index in [1.807, 2.05) is 0 Å². The number of epoxide rings is 1. The quantitative estimate of drug-likeness (QED) is 0.414. The van der Waals surface area contributed by atoms with Gasteiger partial charge in [-0.15, -0.1) is 0 Å². The summed E-state index contributed by atoms with van der Waals surface area (Å²) in [5.74, 6) is 1.32. The molecule has 5 fully saturated rings. The first-order valence-electron chi connectivity index (χ1n) is 13.1. The molecule has 5 rings (SSSR count). The number of fused-ring (bicyclic) bond motifs is 2. The van der Waals surface area contributed by atoms with Crippen LogP contribution < -0.4 is 0 Å². The van der Waals surface area contributed by atoms with Crippen molar-refractivity contribution in [3.63, 3.8) is 0 Å². The summed E-state index contributed by atoms with van der Waals surface area (Å²) in [6.45, 7) is 6.71. The van der Waals surface area contributed by atoms with Gasteiger partial charge in [-0.25, -0.2) is 4.79 Å². The van der Waals surface area contributed by atoms with Crippen molar-refractivity contribution in [1.82, 2.24) is 0 Å². The van der Waals surface area contributed by atoms with Crippen molar-refractivity contribution >= 4 is 17.9 Å². The highest BCUT2D eigenvalue weighted by Crippen LogP contribution is 2.80. The maximum atomic E-state index is 14.0. The number of carbonyl (C=O) groups excluding carboxylic acids is 3. The lowest BCUT2D eigenvalue weighted by atomic mass is 9.44. The Labute approximate surface area is 202 Å². The summed E-state index contributed by atoms with van der Waals surface area (Å²) in [4.78, 5) is 37.4. The molecule has 1 heterocycles. The highest BCUT2D eigenvalue weighted by atomic mass is 16.7. The van der Waals surface area contributed by atoms with E-state index in [-0.39, 0.29) is 46.4 Å². The molecule has 2 spiro atoms. The van der Waals surface area contributed by atoms with Crippen LogP contribution in [-0.4, -0.2) is 49.4 Å². The smallest absolute Gasteiger partial charge is 0.469 e. The highest BCUT2D eigenvalue weighted by molar-refractivity contribution is 5.90. The van der Waals surface area contributed by atoms with Gasteiger partial charge in [-0.05, 0) is 81.5 Å². The first-order valence-corrected chi connectivity index (χ1v) is 13.1. The van der Waals surface area contributed by atoms with Gasteiger partial charge >= 0.3 is 12.1 Å². The van der Waals surface area contributed by atoms with E-state index in [2.05, 4.69) is 20.8 Å². The Bertz CT molecular complexity index is 886. The van der Waals surface area contributed by atoms with Gasteiger partial charge in [-0.1, -0.05) is 13.8 Å². The van der Waals surface area contributed by atoms with Crippen LogP contribution in [0, 0.1) is 34.5 Å². The standard InChI is InChI=1S/C27H40O7/c1-16(6-7-22(29)31-4)19-10-13-27-25(19,3)21(28)15-20-24(2)11-9-18(33-23(30)32-5)14-17(24)8-12-26(20,27)34-27/h16-20H,6-15H2,1-5H3. The molecule has 1 aliphatic heterocycles. The van der Waals surface area contributed by atoms with Gasteiger partial charge in [0.15, 0.2) is 0 Å². The second kappa shape index (κ2) is 7.94. The molecule has 1 saturated heterocycles. The predicted octanol–water partition coefficient (Wildman–Crippen LogP) is 4.84. The Kier molecular flexibility index (Phi) is 5.62. The molecule has 190 valence electrons. The molecule has 9 atom stereocenters. The van der Waals surface area contributed by atoms with Gasteiger partial charge in [0.1, 0.15) is 23.1 Å². The van der Waals surface area contributed by atoms with Gasteiger partial charge in [-0.2, -0.15) is 0 Å². The Morgan fingerprint density at radius 3 is 2.56 bits per heavy atom. The van der Waals surface area contributed by atoms with Crippen LogP contribution in [0.1, 0.15) is 85.0 Å². The number of hydrogen-bond acceptors (Lipinski definition) is 7. The SMILES string of the molecule is COC(=O)CCC(C)C1CCC23OC24CCC2CC(OC(=O)OC)CCC2(C)C4CC(=O)C13C. The van der Waals surface area contributed by atoms with Crippen LogP contribution >= 0.6 is 0 Å². The molecule has 7 nitrogen and oxygen atoms in total. The van der Waals surface area contributed by atoms with Gasteiger partial charge in [-0.3, -0.25) is 9.59 Å². The van der Waals surface area contributed by atoms with Crippen LogP contribution in [0.4, 0.5) is 4.79 Å². The molecule has 0 aromatic rings. The topological polar surface area (TPSA) is 91.4 Å². The first kappa shape index (κ1) is 24.1. The summed E-state index contributed by atoms with van der Waals surface area (Å²) >= 11 is 0. The fraction of sp³-hybridized carbons (Fsp3) is 0.889. The number of ether oxygens (including phenoxy) is 4. The second-order valence-corrected chi connectivity index (χ2v) is 12.1. The average Bonchev–Trinajstić information content (AvgIpc) is 3.38. The molecule has 5 aliphatic rings. The molecule has 9 unspecified atom stereocenters. The van der Waals surface area contributed by atoms with E-state index in [4.69, 9.17) is 18.9 Å². The monoisotopic (exact) mass is 476 g/mol. The lowest BCUT2D eigenvalue weighted by molar-refractivity contribution is -0.147. The summed E-state index contributed by atoms with van der Waals surface area (Å²) in [5, 5.41) is 0. The summed E-state index contributed by atoms with van der Waals surface area (Å²) in [7, 11) is 2.77. The lowest BCUT2D eigenvalue weighted by Crippen LogP contribution is -2.62. The molecule has 0 aromatic heterocycles. The first-order chi connectivity index (χ1) is 16.1. The molecular weight excluding hydrogens is 436 g/mol. The van der Waals surface area contributed by atoms with Crippen molar-refractivity contribution < 1.29 is 33.3 Å². The number of carbonyl (C=O) groups is 3. The van der Waals surface area contributed by atoms with Gasteiger partial charge < -0.3 is 18.9 Å². The summed E-state index contributed by atoms with van der Waals surface area (Å²) in [6.07, 6.45) is 7.53. The van der Waals surface area contributed by atoms with E-state index in [0.717, 1.165) is 51.4 Å². The van der Waals surface area contributed by atoms with E-state index in [9.17, 15) is 14.4 Å². The van der Waals surface area contributed by atoms with E-state index < -0.39 is 11.6 Å². The van der Waals surface area contributed by atoms with Crippen LogP contribution in [0.25, 0.3) is 0 Å². The summed E-state index contributed by atoms with van der Waals surface area (Å²) in [6, 6.07) is 0. The molecule has 0 bridgehead atoms. The largest absolute Gasteiger partial charge is 0.508 e. The number of methoxy groups -OCH3 is 2. The third-order valence-electron chi connectivity index (χ3n) is 11.2. The zero-order chi connectivity index (χ0) is 24.5. The maximum Gasteiger partial charge on any atom is 0.508 e. The Morgan fingerprint density at radius 2 is 1.85 bits per heavy atom. The Hall–Kier alpha value is -1.63. The van der Waals surface area contributed by atoms with Crippen molar-refractivity contribution in [2.45, 2.75) is 102 Å². The van der Waals surface area contributed by atoms with Gasteiger partial charge in [0, 0.05) is 18.8 Å². The molecular formula is C27H40O7. The Balaban J connectivity index is 1.37. The molecule has 7 heteroatoms. The van der Waals surface area contributed by atoms with E-state index in [1.165, 1.54) is 14.2 Å². The van der Waals surface area contributed by atoms with Crippen molar-refractivity contribution in [2.24, 2.45) is 34.5 Å². The van der Waals surface area contributed by atoms with Crippen molar-refractivity contribution in [1.29, 1.82) is 0 Å². The third-order valence-corrected chi connectivity index (χ3v) is 11.2. The zero-order valence-corrected chi connectivity index (χ0v) is 21.3. The molecule has 4 aliphatic carbocycles. The molecule has 4 saturated carbocycles. The minimum Gasteiger partial charge on any atom is -0.469 e. The van der Waals surface area contributed by atoms with E-state index in [1.54, 1.807) is 0 Å². The molecule has 0 amide bonds. The van der Waals surface area contributed by atoms with Crippen molar-refractivity contribution in [2.75, 3.05) is 14.2 Å². The number of ketones is 1. The van der Waals surface area contributed by atoms with Crippen molar-refractivity contribution in [3.8, 4) is 0 Å². The minimum absolute atomic E-state index is 0.0172. The van der Waals surface area contributed by atoms with Crippen LogP contribution in [-0.2, 0) is 28.5 Å². The van der Waals surface area contributed by atoms with Crippen LogP contribution in [0.5, 0.6) is 0 Å². The lowest BCUT2D eigenvalue weighted by Gasteiger charge is -2.57. The summed E-state index contributed by atoms with van der Waals surface area (Å²) < 4.78 is 21.9. The summed E-state index contributed by atoms with van der Waals surface area (Å²) in [5.41, 5.74) is -1.01. The van der Waals surface area contributed by atoms with Gasteiger partial charge in [0.25, 0.3) is 0 Å². The second-order valence-electron chi connectivity index (χ2n) is 12.1. The molecule has 0 N–H and O–H groups in total. The van der Waals surface area contributed by atoms with Gasteiger partial charge in [0.05, 0.1) is 19.6 Å². The van der Waals surface area contributed by atoms with Crippen LogP contribution in [0.15, 0.2) is 0 Å². The van der Waals surface area contributed by atoms with Crippen LogP contribution in [0.2, 0.25) is 0 Å². The maximum absolute atomic E-state index is 14.0. The van der Waals surface area contributed by atoms with Crippen molar-refractivity contribution in [3.05, 3.63) is 0 Å². The van der Waals surface area contributed by atoms with Crippen LogP contribution in [0.3, 0.4) is 0 Å². The van der Waals surface area contributed by atoms with Gasteiger partial charge in [0.2, 0.25) is 0 Å². The number of esters is 1. The predicted molar refractivity (Wildman–Crippen MR) is 123 cm³/mol. The zero-order valence-electron chi connectivity index (χ0n) is 21.3. The third kappa shape index (κ3) is 3.00. The number of rotatable bonds is 5.